The van der Waals surface area contributed by atoms with Crippen molar-refractivity contribution >= 4 is 21.4 Å². The van der Waals surface area contributed by atoms with Gasteiger partial charge in [-0.05, 0) is 37.8 Å². The minimum Gasteiger partial charge on any atom is -0.388 e. The Morgan fingerprint density at radius 2 is 1.81 bits per heavy atom. The summed E-state index contributed by atoms with van der Waals surface area (Å²) in [4.78, 5) is 10.8. The Kier molecular flexibility index (Phi) is 5.50. The van der Waals surface area contributed by atoms with Gasteiger partial charge in [-0.2, -0.15) is 4.31 Å². The van der Waals surface area contributed by atoms with Crippen LogP contribution in [0, 0.1) is 10.1 Å². The molecule has 1 heterocycles. The fourth-order valence-corrected chi connectivity index (χ4v) is 5.23. The maximum Gasteiger partial charge on any atom is 0.293 e. The molecule has 1 aromatic carbocycles. The van der Waals surface area contributed by atoms with Crippen molar-refractivity contribution in [2.75, 3.05) is 25.0 Å². The van der Waals surface area contributed by atoms with E-state index >= 15 is 0 Å². The number of hydrogen-bond donors (Lipinski definition) is 2. The molecule has 2 N–H and O–H groups in total. The molecule has 1 saturated carbocycles. The molecule has 0 bridgehead atoms. The number of nitro benzene ring substituents is 1. The Hall–Kier alpha value is -1.71. The number of nitrogens with zero attached hydrogens (tertiary/aromatic N) is 2. The van der Waals surface area contributed by atoms with E-state index in [1.807, 2.05) is 0 Å². The smallest absolute Gasteiger partial charge is 0.293 e. The molecule has 3 rings (SSSR count). The molecule has 1 aliphatic heterocycles. The van der Waals surface area contributed by atoms with Crippen LogP contribution in [0.1, 0.15) is 44.9 Å². The maximum absolute atomic E-state index is 12.7. The summed E-state index contributed by atoms with van der Waals surface area (Å²) in [5.41, 5.74) is -0.913. The highest BCUT2D eigenvalue weighted by Crippen LogP contribution is 2.33. The lowest BCUT2D eigenvalue weighted by Gasteiger charge is -2.26. The quantitative estimate of drug-likeness (QED) is 0.576. The minimum atomic E-state index is -3.73. The van der Waals surface area contributed by atoms with Crippen LogP contribution in [-0.4, -0.2) is 48.0 Å². The van der Waals surface area contributed by atoms with Crippen LogP contribution in [0.2, 0.25) is 0 Å². The first-order chi connectivity index (χ1) is 12.3. The van der Waals surface area contributed by atoms with Crippen LogP contribution in [-0.2, 0) is 10.0 Å². The molecule has 0 unspecified atom stereocenters. The van der Waals surface area contributed by atoms with Crippen LogP contribution < -0.4 is 5.32 Å². The predicted molar refractivity (Wildman–Crippen MR) is 97.6 cm³/mol. The molecule has 144 valence electrons. The van der Waals surface area contributed by atoms with E-state index in [9.17, 15) is 23.6 Å². The molecule has 0 atom stereocenters. The third-order valence-corrected chi connectivity index (χ3v) is 7.16. The molecule has 26 heavy (non-hydrogen) atoms. The van der Waals surface area contributed by atoms with Gasteiger partial charge in [-0.3, -0.25) is 10.1 Å². The zero-order chi connectivity index (χ0) is 18.8. The second-order valence-corrected chi connectivity index (χ2v) is 9.12. The first kappa shape index (κ1) is 19.1. The molecule has 2 fully saturated rings. The molecule has 0 amide bonds. The Bertz CT molecular complexity index is 769. The van der Waals surface area contributed by atoms with Crippen LogP contribution in [0.4, 0.5) is 11.4 Å². The van der Waals surface area contributed by atoms with Gasteiger partial charge in [-0.1, -0.05) is 19.3 Å². The maximum atomic E-state index is 12.7. The van der Waals surface area contributed by atoms with Gasteiger partial charge < -0.3 is 10.4 Å². The van der Waals surface area contributed by atoms with Gasteiger partial charge >= 0.3 is 0 Å². The molecule has 1 saturated heterocycles. The number of aliphatic hydroxyl groups is 1. The van der Waals surface area contributed by atoms with E-state index in [4.69, 9.17) is 0 Å². The molecule has 0 radical (unpaired) electrons. The van der Waals surface area contributed by atoms with Gasteiger partial charge in [0.05, 0.1) is 15.4 Å². The Labute approximate surface area is 153 Å². The lowest BCUT2D eigenvalue weighted by Crippen LogP contribution is -2.35. The lowest BCUT2D eigenvalue weighted by molar-refractivity contribution is -0.384. The highest BCUT2D eigenvalue weighted by Gasteiger charge is 2.32. The van der Waals surface area contributed by atoms with E-state index in [1.54, 1.807) is 0 Å². The third-order valence-electron chi connectivity index (χ3n) is 5.26. The highest BCUT2D eigenvalue weighted by molar-refractivity contribution is 7.89. The second-order valence-electron chi connectivity index (χ2n) is 7.19. The Balaban J connectivity index is 1.83. The number of sulfonamides is 1. The average molecular weight is 383 g/mol. The van der Waals surface area contributed by atoms with Crippen molar-refractivity contribution in [2.24, 2.45) is 0 Å². The van der Waals surface area contributed by atoms with Crippen LogP contribution >= 0.6 is 0 Å². The van der Waals surface area contributed by atoms with Crippen LogP contribution in [0.25, 0.3) is 0 Å². The van der Waals surface area contributed by atoms with Crippen molar-refractivity contribution in [2.45, 2.75) is 55.4 Å². The van der Waals surface area contributed by atoms with Crippen molar-refractivity contribution < 1.29 is 18.4 Å². The summed E-state index contributed by atoms with van der Waals surface area (Å²) in [6.07, 6.45) is 5.81. The van der Waals surface area contributed by atoms with E-state index in [0.29, 0.717) is 25.9 Å². The van der Waals surface area contributed by atoms with Crippen LogP contribution in [0.5, 0.6) is 0 Å². The highest BCUT2D eigenvalue weighted by atomic mass is 32.2. The van der Waals surface area contributed by atoms with Gasteiger partial charge in [0.25, 0.3) is 5.69 Å². The number of piperidine rings is 1. The normalized spacial score (nSPS) is 20.8. The summed E-state index contributed by atoms with van der Waals surface area (Å²) in [6, 6.07) is 3.94. The summed E-state index contributed by atoms with van der Waals surface area (Å²) in [6.45, 7) is 1.11. The zero-order valence-electron chi connectivity index (χ0n) is 14.7. The van der Waals surface area contributed by atoms with E-state index in [-0.39, 0.29) is 22.8 Å². The largest absolute Gasteiger partial charge is 0.388 e. The van der Waals surface area contributed by atoms with Crippen molar-refractivity contribution in [3.63, 3.8) is 0 Å². The van der Waals surface area contributed by atoms with Gasteiger partial charge in [-0.15, -0.1) is 0 Å². The second kappa shape index (κ2) is 7.50. The van der Waals surface area contributed by atoms with Crippen molar-refractivity contribution in [3.05, 3.63) is 28.3 Å². The topological polar surface area (TPSA) is 113 Å². The fourth-order valence-electron chi connectivity index (χ4n) is 3.70. The van der Waals surface area contributed by atoms with Gasteiger partial charge in [0.15, 0.2) is 0 Å². The summed E-state index contributed by atoms with van der Waals surface area (Å²) in [5, 5.41) is 24.8. The predicted octanol–water partition coefficient (Wildman–Crippen LogP) is 2.49. The zero-order valence-corrected chi connectivity index (χ0v) is 15.5. The van der Waals surface area contributed by atoms with Crippen molar-refractivity contribution in [1.82, 2.24) is 4.31 Å². The lowest BCUT2D eigenvalue weighted by atomic mass is 10.0. The summed E-state index contributed by atoms with van der Waals surface area (Å²) >= 11 is 0. The molecule has 9 heteroatoms. The first-order valence-electron chi connectivity index (χ1n) is 9.07. The molecular weight excluding hydrogens is 358 g/mol. The fraction of sp³-hybridized carbons (Fsp3) is 0.647. The van der Waals surface area contributed by atoms with Crippen molar-refractivity contribution in [1.29, 1.82) is 0 Å². The van der Waals surface area contributed by atoms with Gasteiger partial charge in [0, 0.05) is 25.7 Å². The van der Waals surface area contributed by atoms with Crippen LogP contribution in [0.15, 0.2) is 23.1 Å². The van der Waals surface area contributed by atoms with E-state index in [1.165, 1.54) is 16.4 Å². The van der Waals surface area contributed by atoms with E-state index in [2.05, 4.69) is 5.32 Å². The third kappa shape index (κ3) is 3.99. The molecule has 8 nitrogen and oxygen atoms in total. The summed E-state index contributed by atoms with van der Waals surface area (Å²) in [5.74, 6) is 0. The average Bonchev–Trinajstić information content (AvgIpc) is 3.07. The molecule has 1 aliphatic carbocycles. The molecule has 2 aliphatic rings. The SMILES string of the molecule is O=[N+]([O-])c1cc(S(=O)(=O)N2CCCCC2)ccc1NCC1(O)CCCC1. The van der Waals surface area contributed by atoms with Crippen molar-refractivity contribution in [3.8, 4) is 0 Å². The number of nitrogens with one attached hydrogen (secondary N) is 1. The van der Waals surface area contributed by atoms with Gasteiger partial charge in [-0.25, -0.2) is 8.42 Å². The van der Waals surface area contributed by atoms with E-state index in [0.717, 1.165) is 38.2 Å². The molecule has 0 aromatic heterocycles. The summed E-state index contributed by atoms with van der Waals surface area (Å²) in [7, 11) is -3.73. The number of rotatable bonds is 6. The Morgan fingerprint density at radius 1 is 1.15 bits per heavy atom. The summed E-state index contributed by atoms with van der Waals surface area (Å²) < 4.78 is 26.9. The standard InChI is InChI=1S/C17H25N3O5S/c21-17(8-2-3-9-17)13-18-15-7-6-14(12-16(15)20(22)23)26(24,25)19-10-4-1-5-11-19/h6-7,12,18,21H,1-5,8-11,13H2. The molecular formula is C17H25N3O5S. The Morgan fingerprint density at radius 3 is 2.42 bits per heavy atom. The molecule has 0 spiro atoms. The number of nitro groups is 1. The number of anilines is 1. The first-order valence-corrected chi connectivity index (χ1v) is 10.5. The number of benzene rings is 1. The number of hydrogen-bond acceptors (Lipinski definition) is 6. The van der Waals surface area contributed by atoms with Gasteiger partial charge in [0.2, 0.25) is 10.0 Å². The van der Waals surface area contributed by atoms with Crippen LogP contribution in [0.3, 0.4) is 0 Å². The molecule has 1 aromatic rings. The monoisotopic (exact) mass is 383 g/mol. The van der Waals surface area contributed by atoms with E-state index < -0.39 is 20.5 Å². The minimum absolute atomic E-state index is 0.0590. The van der Waals surface area contributed by atoms with Gasteiger partial charge in [0.1, 0.15) is 5.69 Å².